The van der Waals surface area contributed by atoms with Crippen molar-refractivity contribution in [3.8, 4) is 5.82 Å². The lowest BCUT2D eigenvalue weighted by Gasteiger charge is -1.97. The van der Waals surface area contributed by atoms with Crippen molar-refractivity contribution in [2.24, 2.45) is 0 Å². The number of aromatic nitrogens is 4. The quantitative estimate of drug-likeness (QED) is 0.737. The average Bonchev–Trinajstić information content (AvgIpc) is 2.98. The highest BCUT2D eigenvalue weighted by atomic mass is 16.5. The van der Waals surface area contributed by atoms with E-state index in [1.807, 2.05) is 13.0 Å². The van der Waals surface area contributed by atoms with Crippen LogP contribution >= 0.6 is 0 Å². The maximum absolute atomic E-state index is 12.5. The van der Waals surface area contributed by atoms with Crippen molar-refractivity contribution in [1.29, 1.82) is 0 Å². The second-order valence-corrected chi connectivity index (χ2v) is 5.80. The summed E-state index contributed by atoms with van der Waals surface area (Å²) in [5.41, 5.74) is 1.61. The number of hydrogen-bond acceptors (Lipinski definition) is 5. The minimum Gasteiger partial charge on any atom is -0.360 e. The molecule has 0 unspecified atom stereocenters. The molecule has 0 saturated heterocycles. The fourth-order valence-electron chi connectivity index (χ4n) is 2.61. The summed E-state index contributed by atoms with van der Waals surface area (Å²) in [4.78, 5) is 12.5. The highest BCUT2D eigenvalue weighted by molar-refractivity contribution is 5.25. The number of imidazole rings is 1. The van der Waals surface area contributed by atoms with Crippen LogP contribution in [0.5, 0.6) is 0 Å². The number of hydrogen-bond donors (Lipinski definition) is 0. The van der Waals surface area contributed by atoms with Crippen LogP contribution in [0.4, 0.5) is 0 Å². The largest absolute Gasteiger partial charge is 0.360 e. The van der Waals surface area contributed by atoms with Crippen molar-refractivity contribution in [2.45, 2.75) is 39.2 Å². The van der Waals surface area contributed by atoms with Gasteiger partial charge in [0.15, 0.2) is 11.6 Å². The van der Waals surface area contributed by atoms with Gasteiger partial charge in [-0.1, -0.05) is 10.3 Å². The van der Waals surface area contributed by atoms with E-state index in [0.29, 0.717) is 29.8 Å². The summed E-state index contributed by atoms with van der Waals surface area (Å²) in [6.45, 7) is 4.02. The molecule has 1 aliphatic rings. The number of aryl methyl sites for hydroxylation is 2. The van der Waals surface area contributed by atoms with E-state index in [9.17, 15) is 4.79 Å². The fraction of sp³-hybridized carbons (Fsp3) is 0.400. The highest BCUT2D eigenvalue weighted by Crippen LogP contribution is 2.39. The first kappa shape index (κ1) is 13.1. The lowest BCUT2D eigenvalue weighted by Crippen LogP contribution is -2.24. The van der Waals surface area contributed by atoms with Crippen molar-refractivity contribution in [2.75, 3.05) is 0 Å². The Kier molecular flexibility index (Phi) is 2.82. The van der Waals surface area contributed by atoms with Gasteiger partial charge >= 0.3 is 5.69 Å². The van der Waals surface area contributed by atoms with Gasteiger partial charge in [-0.2, -0.15) is 0 Å². The molecule has 0 atom stereocenters. The third-order valence-corrected chi connectivity index (χ3v) is 3.88. The molecule has 22 heavy (non-hydrogen) atoms. The van der Waals surface area contributed by atoms with Crippen molar-refractivity contribution < 1.29 is 9.05 Å². The van der Waals surface area contributed by atoms with Crippen molar-refractivity contribution in [3.63, 3.8) is 0 Å². The Morgan fingerprint density at radius 1 is 1.23 bits per heavy atom. The molecule has 3 aromatic rings. The molecule has 7 heteroatoms. The summed E-state index contributed by atoms with van der Waals surface area (Å²) < 4.78 is 13.5. The molecule has 7 nitrogen and oxygen atoms in total. The predicted molar refractivity (Wildman–Crippen MR) is 77.1 cm³/mol. The van der Waals surface area contributed by atoms with Crippen molar-refractivity contribution in [1.82, 2.24) is 19.4 Å². The SMILES string of the molecule is Cc1cc(-n2c(C)cn(Cc3cc(C4CC4)no3)c2=O)no1. The van der Waals surface area contributed by atoms with Gasteiger partial charge in [-0.25, -0.2) is 9.36 Å². The molecule has 0 bridgehead atoms. The third-order valence-electron chi connectivity index (χ3n) is 3.88. The number of rotatable bonds is 4. The highest BCUT2D eigenvalue weighted by Gasteiger charge is 2.27. The zero-order valence-electron chi connectivity index (χ0n) is 12.4. The van der Waals surface area contributed by atoms with E-state index in [1.165, 1.54) is 17.4 Å². The standard InChI is InChI=1S/C15H16N4O3/c1-9-7-18(8-12-6-13(16-22-12)11-3-4-11)15(20)19(9)14-5-10(2)21-17-14/h5-7,11H,3-4,8H2,1-2H3. The van der Waals surface area contributed by atoms with Gasteiger partial charge in [-0.15, -0.1) is 0 Å². The lowest BCUT2D eigenvalue weighted by molar-refractivity contribution is 0.369. The molecule has 0 radical (unpaired) electrons. The van der Waals surface area contributed by atoms with E-state index < -0.39 is 0 Å². The summed E-state index contributed by atoms with van der Waals surface area (Å²) in [6.07, 6.45) is 4.13. The first-order chi connectivity index (χ1) is 10.6. The van der Waals surface area contributed by atoms with Gasteiger partial charge in [-0.05, 0) is 26.7 Å². The van der Waals surface area contributed by atoms with Crippen LogP contribution in [0.25, 0.3) is 5.82 Å². The Morgan fingerprint density at radius 3 is 2.73 bits per heavy atom. The van der Waals surface area contributed by atoms with Gasteiger partial charge in [0.1, 0.15) is 5.76 Å². The molecular weight excluding hydrogens is 284 g/mol. The molecule has 1 saturated carbocycles. The summed E-state index contributed by atoms with van der Waals surface area (Å²) in [5.74, 6) is 2.39. The Morgan fingerprint density at radius 2 is 2.05 bits per heavy atom. The molecule has 1 fully saturated rings. The van der Waals surface area contributed by atoms with Gasteiger partial charge in [0, 0.05) is 29.9 Å². The molecule has 4 rings (SSSR count). The third kappa shape index (κ3) is 2.18. The second-order valence-electron chi connectivity index (χ2n) is 5.80. The monoisotopic (exact) mass is 300 g/mol. The molecule has 0 N–H and O–H groups in total. The van der Waals surface area contributed by atoms with E-state index >= 15 is 0 Å². The predicted octanol–water partition coefficient (Wildman–Crippen LogP) is 2.16. The molecule has 1 aliphatic carbocycles. The van der Waals surface area contributed by atoms with E-state index in [1.54, 1.807) is 23.8 Å². The summed E-state index contributed by atoms with van der Waals surface area (Å²) in [5, 5.41) is 7.97. The van der Waals surface area contributed by atoms with Gasteiger partial charge in [-0.3, -0.25) is 4.57 Å². The van der Waals surface area contributed by atoms with Crippen molar-refractivity contribution >= 4 is 0 Å². The number of nitrogens with zero attached hydrogens (tertiary/aromatic N) is 4. The first-order valence-electron chi connectivity index (χ1n) is 7.30. The lowest BCUT2D eigenvalue weighted by atomic mass is 10.3. The van der Waals surface area contributed by atoms with Crippen LogP contribution in [0.15, 0.2) is 32.2 Å². The molecule has 0 aromatic carbocycles. The zero-order chi connectivity index (χ0) is 15.3. The normalized spacial score (nSPS) is 14.6. The van der Waals surface area contributed by atoms with Gasteiger partial charge in [0.2, 0.25) is 0 Å². The molecule has 0 spiro atoms. The van der Waals surface area contributed by atoms with Crippen molar-refractivity contribution in [3.05, 3.63) is 51.7 Å². The minimum atomic E-state index is -0.171. The van der Waals surface area contributed by atoms with E-state index in [4.69, 9.17) is 9.05 Å². The van der Waals surface area contributed by atoms with Crippen LogP contribution < -0.4 is 5.69 Å². The van der Waals surface area contributed by atoms with Crippen LogP contribution in [0, 0.1) is 13.8 Å². The van der Waals surface area contributed by atoms with E-state index in [0.717, 1.165) is 11.4 Å². The molecular formula is C15H16N4O3. The van der Waals surface area contributed by atoms with Gasteiger partial charge < -0.3 is 9.05 Å². The van der Waals surface area contributed by atoms with Gasteiger partial charge in [0.25, 0.3) is 0 Å². The average molecular weight is 300 g/mol. The van der Waals surface area contributed by atoms with Gasteiger partial charge in [0.05, 0.1) is 12.2 Å². The van der Waals surface area contributed by atoms with Crippen LogP contribution in [-0.4, -0.2) is 19.4 Å². The fourth-order valence-corrected chi connectivity index (χ4v) is 2.61. The molecule has 0 amide bonds. The van der Waals surface area contributed by atoms with Crippen LogP contribution in [-0.2, 0) is 6.54 Å². The van der Waals surface area contributed by atoms with Crippen LogP contribution in [0.2, 0.25) is 0 Å². The maximum atomic E-state index is 12.5. The molecule has 3 aromatic heterocycles. The van der Waals surface area contributed by atoms with E-state index in [2.05, 4.69) is 10.3 Å². The summed E-state index contributed by atoms with van der Waals surface area (Å²) in [7, 11) is 0. The minimum absolute atomic E-state index is 0.171. The Hall–Kier alpha value is -2.57. The molecule has 3 heterocycles. The Bertz CT molecular complexity index is 879. The summed E-state index contributed by atoms with van der Waals surface area (Å²) in [6, 6.07) is 3.68. The molecule has 0 aliphatic heterocycles. The second kappa shape index (κ2) is 4.72. The Labute approximate surface area is 126 Å². The van der Waals surface area contributed by atoms with Crippen LogP contribution in [0.1, 0.15) is 41.7 Å². The Balaban J connectivity index is 1.66. The maximum Gasteiger partial charge on any atom is 0.334 e. The summed E-state index contributed by atoms with van der Waals surface area (Å²) >= 11 is 0. The molecule has 114 valence electrons. The topological polar surface area (TPSA) is 79.0 Å². The first-order valence-corrected chi connectivity index (χ1v) is 7.30. The smallest absolute Gasteiger partial charge is 0.334 e. The van der Waals surface area contributed by atoms with Crippen LogP contribution in [0.3, 0.4) is 0 Å². The zero-order valence-corrected chi connectivity index (χ0v) is 12.4. The van der Waals surface area contributed by atoms with E-state index in [-0.39, 0.29) is 5.69 Å².